The van der Waals surface area contributed by atoms with Crippen molar-refractivity contribution in [2.75, 3.05) is 13.7 Å². The first-order valence-corrected chi connectivity index (χ1v) is 7.63. The van der Waals surface area contributed by atoms with Gasteiger partial charge in [0.15, 0.2) is 11.5 Å². The van der Waals surface area contributed by atoms with Crippen molar-refractivity contribution < 1.29 is 9.47 Å². The molecule has 5 nitrogen and oxygen atoms in total. The molecule has 0 fully saturated rings. The smallest absolute Gasteiger partial charge is 0.168 e. The Kier molecular flexibility index (Phi) is 4.48. The number of aromatic amines is 1. The van der Waals surface area contributed by atoms with Gasteiger partial charge in [-0.25, -0.2) is 4.98 Å². The topological polar surface area (TPSA) is 70.9 Å². The summed E-state index contributed by atoms with van der Waals surface area (Å²) in [4.78, 5) is 7.65. The molecule has 2 aromatic carbocycles. The second-order valence-corrected chi connectivity index (χ2v) is 5.08. The van der Waals surface area contributed by atoms with E-state index in [0.717, 1.165) is 16.6 Å². The maximum absolute atomic E-state index is 9.56. The highest BCUT2D eigenvalue weighted by Crippen LogP contribution is 2.33. The van der Waals surface area contributed by atoms with Gasteiger partial charge in [-0.05, 0) is 31.2 Å². The third kappa shape index (κ3) is 2.95. The predicted molar refractivity (Wildman–Crippen MR) is 93.7 cm³/mol. The molecule has 1 aromatic heterocycles. The molecule has 3 aromatic rings. The normalized spacial score (nSPS) is 11.3. The van der Waals surface area contributed by atoms with Gasteiger partial charge in [-0.15, -0.1) is 0 Å². The number of rotatable bonds is 5. The largest absolute Gasteiger partial charge is 0.493 e. The average molecular weight is 319 g/mol. The molecule has 0 saturated carbocycles. The third-order valence-electron chi connectivity index (χ3n) is 3.58. The van der Waals surface area contributed by atoms with Crippen LogP contribution in [0, 0.1) is 11.3 Å². The Morgan fingerprint density at radius 2 is 2.08 bits per heavy atom. The number of fused-ring (bicyclic) bond motifs is 1. The highest BCUT2D eigenvalue weighted by Gasteiger charge is 2.12. The molecule has 1 N–H and O–H groups in total. The van der Waals surface area contributed by atoms with Crippen LogP contribution in [0.15, 0.2) is 42.5 Å². The molecular formula is C19H17N3O2. The second-order valence-electron chi connectivity index (χ2n) is 5.08. The fourth-order valence-electron chi connectivity index (χ4n) is 2.50. The van der Waals surface area contributed by atoms with Crippen molar-refractivity contribution in [1.82, 2.24) is 9.97 Å². The van der Waals surface area contributed by atoms with Crippen LogP contribution in [0.3, 0.4) is 0 Å². The van der Waals surface area contributed by atoms with E-state index in [4.69, 9.17) is 9.47 Å². The Morgan fingerprint density at radius 1 is 1.25 bits per heavy atom. The first-order valence-electron chi connectivity index (χ1n) is 7.63. The molecule has 0 radical (unpaired) electrons. The Morgan fingerprint density at radius 3 is 2.79 bits per heavy atom. The SMILES string of the molecule is CCOc1c(/C=C(\C#N)c2nc3ccccc3[nH]2)cccc1OC. The van der Waals surface area contributed by atoms with Crippen LogP contribution < -0.4 is 9.47 Å². The minimum atomic E-state index is 0.431. The van der Waals surface area contributed by atoms with Crippen molar-refractivity contribution in [3.8, 4) is 17.6 Å². The number of allylic oxidation sites excluding steroid dienone is 1. The number of para-hydroxylation sites is 3. The number of benzene rings is 2. The molecule has 0 spiro atoms. The van der Waals surface area contributed by atoms with Gasteiger partial charge in [-0.3, -0.25) is 0 Å². The minimum absolute atomic E-state index is 0.431. The molecule has 5 heteroatoms. The Labute approximate surface area is 140 Å². The fourth-order valence-corrected chi connectivity index (χ4v) is 2.50. The van der Waals surface area contributed by atoms with E-state index in [-0.39, 0.29) is 0 Å². The number of imidazole rings is 1. The predicted octanol–water partition coefficient (Wildman–Crippen LogP) is 4.03. The van der Waals surface area contributed by atoms with E-state index >= 15 is 0 Å². The van der Waals surface area contributed by atoms with Gasteiger partial charge in [0.25, 0.3) is 0 Å². The van der Waals surface area contributed by atoms with Gasteiger partial charge < -0.3 is 14.5 Å². The monoisotopic (exact) mass is 319 g/mol. The van der Waals surface area contributed by atoms with Crippen molar-refractivity contribution in [2.24, 2.45) is 0 Å². The molecule has 0 saturated heterocycles. The quantitative estimate of drug-likeness (QED) is 0.721. The molecule has 3 rings (SSSR count). The van der Waals surface area contributed by atoms with Gasteiger partial charge in [0, 0.05) is 5.56 Å². The lowest BCUT2D eigenvalue weighted by atomic mass is 10.1. The van der Waals surface area contributed by atoms with Crippen LogP contribution in [0.4, 0.5) is 0 Å². The highest BCUT2D eigenvalue weighted by molar-refractivity contribution is 5.91. The molecule has 0 aliphatic rings. The molecule has 24 heavy (non-hydrogen) atoms. The average Bonchev–Trinajstić information content (AvgIpc) is 3.04. The number of hydrogen-bond acceptors (Lipinski definition) is 4. The van der Waals surface area contributed by atoms with Gasteiger partial charge in [-0.2, -0.15) is 5.26 Å². The maximum atomic E-state index is 9.56. The zero-order chi connectivity index (χ0) is 16.9. The van der Waals surface area contributed by atoms with E-state index in [2.05, 4.69) is 16.0 Å². The van der Waals surface area contributed by atoms with E-state index in [9.17, 15) is 5.26 Å². The Balaban J connectivity index is 2.09. The van der Waals surface area contributed by atoms with Gasteiger partial charge in [0.05, 0.1) is 30.3 Å². The zero-order valence-corrected chi connectivity index (χ0v) is 13.5. The van der Waals surface area contributed by atoms with Crippen molar-refractivity contribution in [3.05, 3.63) is 53.9 Å². The molecule has 0 atom stereocenters. The number of hydrogen-bond donors (Lipinski definition) is 1. The third-order valence-corrected chi connectivity index (χ3v) is 3.58. The zero-order valence-electron chi connectivity index (χ0n) is 13.5. The van der Waals surface area contributed by atoms with Crippen molar-refractivity contribution in [3.63, 3.8) is 0 Å². The molecule has 0 aliphatic heterocycles. The van der Waals surface area contributed by atoms with Gasteiger partial charge in [-0.1, -0.05) is 24.3 Å². The summed E-state index contributed by atoms with van der Waals surface area (Å²) in [5, 5.41) is 9.56. The van der Waals surface area contributed by atoms with E-state index in [1.807, 2.05) is 49.4 Å². The van der Waals surface area contributed by atoms with Gasteiger partial charge >= 0.3 is 0 Å². The first-order chi connectivity index (χ1) is 11.8. The van der Waals surface area contributed by atoms with Crippen molar-refractivity contribution >= 4 is 22.7 Å². The summed E-state index contributed by atoms with van der Waals surface area (Å²) in [5.74, 6) is 1.78. The summed E-state index contributed by atoms with van der Waals surface area (Å²) in [5.41, 5.74) is 2.92. The van der Waals surface area contributed by atoms with Crippen LogP contribution in [0.25, 0.3) is 22.7 Å². The molecule has 120 valence electrons. The molecule has 0 unspecified atom stereocenters. The summed E-state index contributed by atoms with van der Waals surface area (Å²) in [6, 6.07) is 15.5. The van der Waals surface area contributed by atoms with Crippen LogP contribution in [-0.4, -0.2) is 23.7 Å². The van der Waals surface area contributed by atoms with E-state index in [1.165, 1.54) is 0 Å². The standard InChI is InChI=1S/C19H17N3O2/c1-3-24-18-13(7-6-10-17(18)23-2)11-14(12-20)19-21-15-8-4-5-9-16(15)22-19/h4-11H,3H2,1-2H3,(H,21,22)/b14-11+. The summed E-state index contributed by atoms with van der Waals surface area (Å²) >= 11 is 0. The number of ether oxygens (including phenoxy) is 2. The van der Waals surface area contributed by atoms with Crippen LogP contribution in [-0.2, 0) is 0 Å². The molecule has 0 aliphatic carbocycles. The van der Waals surface area contributed by atoms with E-state index < -0.39 is 0 Å². The first kappa shape index (κ1) is 15.6. The summed E-state index contributed by atoms with van der Waals surface area (Å²) < 4.78 is 11.0. The molecule has 0 bridgehead atoms. The van der Waals surface area contributed by atoms with E-state index in [1.54, 1.807) is 13.2 Å². The van der Waals surface area contributed by atoms with Crippen LogP contribution >= 0.6 is 0 Å². The van der Waals surface area contributed by atoms with Gasteiger partial charge in [0.1, 0.15) is 11.9 Å². The summed E-state index contributed by atoms with van der Waals surface area (Å²) in [6.07, 6.45) is 1.76. The molecule has 0 amide bonds. The van der Waals surface area contributed by atoms with Crippen LogP contribution in [0.1, 0.15) is 18.3 Å². The van der Waals surface area contributed by atoms with Crippen molar-refractivity contribution in [2.45, 2.75) is 6.92 Å². The number of nitrogens with one attached hydrogen (secondary N) is 1. The Hall–Kier alpha value is -3.26. The Bertz CT molecular complexity index is 902. The van der Waals surface area contributed by atoms with Crippen molar-refractivity contribution in [1.29, 1.82) is 5.26 Å². The highest BCUT2D eigenvalue weighted by atomic mass is 16.5. The summed E-state index contributed by atoms with van der Waals surface area (Å²) in [6.45, 7) is 2.41. The molecular weight excluding hydrogens is 302 g/mol. The number of methoxy groups -OCH3 is 1. The van der Waals surface area contributed by atoms with Crippen LogP contribution in [0.5, 0.6) is 11.5 Å². The maximum Gasteiger partial charge on any atom is 0.168 e. The lowest BCUT2D eigenvalue weighted by Gasteiger charge is -2.12. The minimum Gasteiger partial charge on any atom is -0.493 e. The lowest BCUT2D eigenvalue weighted by Crippen LogP contribution is -1.98. The van der Waals surface area contributed by atoms with Crippen LogP contribution in [0.2, 0.25) is 0 Å². The summed E-state index contributed by atoms with van der Waals surface area (Å²) in [7, 11) is 1.59. The van der Waals surface area contributed by atoms with E-state index in [0.29, 0.717) is 29.5 Å². The second kappa shape index (κ2) is 6.88. The fraction of sp³-hybridized carbons (Fsp3) is 0.158. The number of nitrogens with zero attached hydrogens (tertiary/aromatic N) is 2. The van der Waals surface area contributed by atoms with Gasteiger partial charge in [0.2, 0.25) is 0 Å². The number of H-pyrrole nitrogens is 1. The molecule has 1 heterocycles. The lowest BCUT2D eigenvalue weighted by molar-refractivity contribution is 0.310. The number of nitriles is 1. The number of aromatic nitrogens is 2.